The van der Waals surface area contributed by atoms with Gasteiger partial charge in [-0.2, -0.15) is 17.7 Å². The van der Waals surface area contributed by atoms with E-state index >= 15 is 0 Å². The molecule has 1 aromatic heterocycles. The molecule has 0 spiro atoms. The summed E-state index contributed by atoms with van der Waals surface area (Å²) in [4.78, 5) is 32.1. The van der Waals surface area contributed by atoms with Gasteiger partial charge in [0.2, 0.25) is 11.8 Å². The Hall–Kier alpha value is -3.24. The molecule has 1 saturated heterocycles. The molecule has 1 fully saturated rings. The van der Waals surface area contributed by atoms with E-state index in [9.17, 15) is 26.8 Å². The van der Waals surface area contributed by atoms with Crippen LogP contribution >= 0.6 is 11.8 Å². The second-order valence-electron chi connectivity index (χ2n) is 7.13. The zero-order valence-corrected chi connectivity index (χ0v) is 20.0. The Morgan fingerprint density at radius 2 is 1.91 bits per heavy atom. The number of benzene rings is 1. The molecule has 3 N–H and O–H groups in total. The summed E-state index contributed by atoms with van der Waals surface area (Å²) in [5.41, 5.74) is 0.0922. The van der Waals surface area contributed by atoms with Crippen molar-refractivity contribution in [3.8, 4) is 5.88 Å². The number of ether oxygens (including phenoxy) is 1. The number of methoxy groups -OCH3 is 1. The summed E-state index contributed by atoms with van der Waals surface area (Å²) < 4.78 is 61.6. The zero-order chi connectivity index (χ0) is 25.6. The van der Waals surface area contributed by atoms with E-state index < -0.39 is 40.4 Å². The molecule has 190 valence electrons. The van der Waals surface area contributed by atoms with Crippen molar-refractivity contribution in [2.24, 2.45) is 0 Å². The molecule has 3 rings (SSSR count). The summed E-state index contributed by atoms with van der Waals surface area (Å²) >= 11 is 0.963. The number of carbonyl (C=O) groups is 2. The topological polar surface area (TPSA) is 154 Å². The molecule has 0 radical (unpaired) electrons. The van der Waals surface area contributed by atoms with Crippen LogP contribution in [-0.2, 0) is 20.8 Å². The number of carboxylic acid groups (broad SMARTS) is 1. The van der Waals surface area contributed by atoms with E-state index in [1.54, 1.807) is 0 Å². The van der Waals surface area contributed by atoms with Crippen LogP contribution in [0.3, 0.4) is 0 Å². The number of hydrogen-bond donors (Lipinski definition) is 3. The molecular weight excluding hydrogens is 510 g/mol. The van der Waals surface area contributed by atoms with Gasteiger partial charge in [0, 0.05) is 43.6 Å². The summed E-state index contributed by atoms with van der Waals surface area (Å²) in [6, 6.07) is 5.05. The lowest BCUT2D eigenvalue weighted by Crippen LogP contribution is -2.53. The summed E-state index contributed by atoms with van der Waals surface area (Å²) in [7, 11) is -2.73. The van der Waals surface area contributed by atoms with Crippen LogP contribution in [0.25, 0.3) is 0 Å². The molecule has 2 aromatic rings. The van der Waals surface area contributed by atoms with Gasteiger partial charge in [0.25, 0.3) is 0 Å². The Labute approximate surface area is 203 Å². The second kappa shape index (κ2) is 11.5. The van der Waals surface area contributed by atoms with Crippen molar-refractivity contribution in [1.82, 2.24) is 24.5 Å². The fraction of sp³-hybridized carbons (Fsp3) is 0.368. The summed E-state index contributed by atoms with van der Waals surface area (Å²) in [5.74, 6) is -2.47. The zero-order valence-electron chi connectivity index (χ0n) is 18.4. The number of rotatable bonds is 9. The average molecular weight is 533 g/mol. The summed E-state index contributed by atoms with van der Waals surface area (Å²) in [6.07, 6.45) is -1.33. The number of anilines is 1. The van der Waals surface area contributed by atoms with Gasteiger partial charge in [0.1, 0.15) is 12.4 Å². The van der Waals surface area contributed by atoms with Crippen LogP contribution in [0.5, 0.6) is 5.88 Å². The molecule has 12 nitrogen and oxygen atoms in total. The van der Waals surface area contributed by atoms with E-state index in [2.05, 4.69) is 14.7 Å². The third-order valence-electron chi connectivity index (χ3n) is 4.84. The average Bonchev–Trinajstić information content (AvgIpc) is 2.83. The number of hydrogen-bond acceptors (Lipinski definition) is 8. The minimum Gasteiger partial charge on any atom is -0.481 e. The monoisotopic (exact) mass is 532 g/mol. The molecule has 1 aliphatic rings. The van der Waals surface area contributed by atoms with Gasteiger partial charge in [-0.3, -0.25) is 9.52 Å². The van der Waals surface area contributed by atoms with Crippen LogP contribution in [-0.4, -0.2) is 84.5 Å². The van der Waals surface area contributed by atoms with Crippen molar-refractivity contribution in [2.75, 3.05) is 44.6 Å². The van der Waals surface area contributed by atoms with Crippen LogP contribution in [0.2, 0.25) is 0 Å². The number of amides is 2. The number of nitrogens with zero attached hydrogens (tertiary/aromatic N) is 4. The molecule has 0 bridgehead atoms. The molecule has 1 aliphatic heterocycles. The van der Waals surface area contributed by atoms with Crippen LogP contribution in [0.4, 0.5) is 19.4 Å². The molecule has 0 unspecified atom stereocenters. The van der Waals surface area contributed by atoms with E-state index in [1.165, 1.54) is 30.2 Å². The van der Waals surface area contributed by atoms with Crippen LogP contribution in [0, 0.1) is 11.6 Å². The van der Waals surface area contributed by atoms with Crippen molar-refractivity contribution in [1.29, 1.82) is 0 Å². The molecular formula is C19H22F2N6O6S2. The van der Waals surface area contributed by atoms with Crippen LogP contribution < -0.4 is 14.8 Å². The first-order valence-electron chi connectivity index (χ1n) is 10.1. The Kier molecular flexibility index (Phi) is 8.63. The van der Waals surface area contributed by atoms with E-state index in [4.69, 9.17) is 9.84 Å². The molecule has 0 saturated carbocycles. The minimum absolute atomic E-state index is 0.00429. The van der Waals surface area contributed by atoms with Gasteiger partial charge in [-0.05, 0) is 6.07 Å². The maximum absolute atomic E-state index is 13.9. The maximum Gasteiger partial charge on any atom is 0.405 e. The SMILES string of the molecule is COc1cc(NS(=O)(=O)N2CCN(C(=O)CNC(=O)O)CC2)nc(SCc2cccc(F)c2F)n1. The first kappa shape index (κ1) is 26.4. The molecule has 2 amide bonds. The highest BCUT2D eigenvalue weighted by Gasteiger charge is 2.29. The molecule has 35 heavy (non-hydrogen) atoms. The van der Waals surface area contributed by atoms with E-state index in [0.29, 0.717) is 0 Å². The lowest BCUT2D eigenvalue weighted by atomic mass is 10.2. The quantitative estimate of drug-likeness (QED) is 0.318. The third-order valence-corrected chi connectivity index (χ3v) is 7.24. The first-order chi connectivity index (χ1) is 16.6. The van der Waals surface area contributed by atoms with E-state index in [-0.39, 0.29) is 54.3 Å². The lowest BCUT2D eigenvalue weighted by molar-refractivity contribution is -0.131. The van der Waals surface area contributed by atoms with E-state index in [0.717, 1.165) is 22.1 Å². The van der Waals surface area contributed by atoms with Gasteiger partial charge in [0.05, 0.1) is 7.11 Å². The van der Waals surface area contributed by atoms with E-state index in [1.807, 2.05) is 5.32 Å². The van der Waals surface area contributed by atoms with Crippen molar-refractivity contribution < 1.29 is 36.6 Å². The standard InChI is InChI=1S/C19H22F2N6O6S2/c1-33-15-9-14(23-18(24-15)34-11-12-3-2-4-13(20)17(12)21)25-35(31,32)27-7-5-26(6-8-27)16(28)10-22-19(29)30/h2-4,9,22H,5-8,10-11H2,1H3,(H,29,30)(H,23,24,25). The van der Waals surface area contributed by atoms with Crippen LogP contribution in [0.1, 0.15) is 5.56 Å². The highest BCUT2D eigenvalue weighted by Crippen LogP contribution is 2.26. The van der Waals surface area contributed by atoms with Crippen molar-refractivity contribution in [3.63, 3.8) is 0 Å². The first-order valence-corrected chi connectivity index (χ1v) is 12.5. The Morgan fingerprint density at radius 1 is 1.20 bits per heavy atom. The number of nitrogens with one attached hydrogen (secondary N) is 2. The summed E-state index contributed by atoms with van der Waals surface area (Å²) in [5, 5.41) is 10.6. The number of halogens is 2. The van der Waals surface area contributed by atoms with Gasteiger partial charge in [-0.15, -0.1) is 0 Å². The molecule has 0 aliphatic carbocycles. The van der Waals surface area contributed by atoms with Crippen molar-refractivity contribution in [3.05, 3.63) is 41.5 Å². The summed E-state index contributed by atoms with van der Waals surface area (Å²) in [6.45, 7) is -0.280. The number of aromatic nitrogens is 2. The number of piperazine rings is 1. The largest absolute Gasteiger partial charge is 0.481 e. The third kappa shape index (κ3) is 7.12. The highest BCUT2D eigenvalue weighted by molar-refractivity contribution is 7.98. The van der Waals surface area contributed by atoms with Crippen molar-refractivity contribution >= 4 is 39.8 Å². The minimum atomic E-state index is -4.06. The molecule has 0 atom stereocenters. The Bertz CT molecular complexity index is 1190. The van der Waals surface area contributed by atoms with Gasteiger partial charge in [-0.1, -0.05) is 23.9 Å². The fourth-order valence-electron chi connectivity index (χ4n) is 3.07. The fourth-order valence-corrected chi connectivity index (χ4v) is 5.03. The van der Waals surface area contributed by atoms with Gasteiger partial charge >= 0.3 is 16.3 Å². The van der Waals surface area contributed by atoms with Gasteiger partial charge in [0.15, 0.2) is 16.8 Å². The molecule has 16 heteroatoms. The predicted molar refractivity (Wildman–Crippen MR) is 121 cm³/mol. The second-order valence-corrected chi connectivity index (χ2v) is 9.74. The molecule has 1 aromatic carbocycles. The maximum atomic E-state index is 13.9. The van der Waals surface area contributed by atoms with Gasteiger partial charge < -0.3 is 20.1 Å². The smallest absolute Gasteiger partial charge is 0.405 e. The normalized spacial score (nSPS) is 14.4. The number of carbonyl (C=O) groups excluding carboxylic acids is 1. The Balaban J connectivity index is 1.65. The van der Waals surface area contributed by atoms with Gasteiger partial charge in [-0.25, -0.2) is 18.6 Å². The highest BCUT2D eigenvalue weighted by atomic mass is 32.2. The van der Waals surface area contributed by atoms with Crippen LogP contribution in [0.15, 0.2) is 29.4 Å². The lowest BCUT2D eigenvalue weighted by Gasteiger charge is -2.33. The molecule has 2 heterocycles. The predicted octanol–water partition coefficient (Wildman–Crippen LogP) is 1.12. The number of thioether (sulfide) groups is 1. The Morgan fingerprint density at radius 3 is 2.57 bits per heavy atom. The van der Waals surface area contributed by atoms with Crippen molar-refractivity contribution in [2.45, 2.75) is 10.9 Å².